The second-order valence-electron chi connectivity index (χ2n) is 3.67. The number of hydrogen-bond donors (Lipinski definition) is 1. The summed E-state index contributed by atoms with van der Waals surface area (Å²) in [4.78, 5) is 0. The van der Waals surface area contributed by atoms with Gasteiger partial charge in [-0.3, -0.25) is 0 Å². The van der Waals surface area contributed by atoms with Crippen LogP contribution in [0.5, 0.6) is 11.5 Å². The molecule has 0 aliphatic rings. The first-order valence-corrected chi connectivity index (χ1v) is 5.80. The second kappa shape index (κ2) is 7.92. The standard InChI is InChI=1S/C13H21NO3/c1-4-14-11(9-15-2)10-17-13-8-6-5-7-12(13)16-3/h5-8,11,14H,4,9-10H2,1-3H3. The van der Waals surface area contributed by atoms with Crippen LogP contribution in [-0.2, 0) is 4.74 Å². The minimum Gasteiger partial charge on any atom is -0.493 e. The first-order chi connectivity index (χ1) is 8.31. The lowest BCUT2D eigenvalue weighted by Crippen LogP contribution is -2.38. The fourth-order valence-electron chi connectivity index (χ4n) is 1.58. The normalized spacial score (nSPS) is 12.2. The molecule has 0 aliphatic carbocycles. The van der Waals surface area contributed by atoms with Crippen LogP contribution in [0.4, 0.5) is 0 Å². The number of para-hydroxylation sites is 2. The van der Waals surface area contributed by atoms with Crippen molar-refractivity contribution in [2.24, 2.45) is 0 Å². The number of benzene rings is 1. The highest BCUT2D eigenvalue weighted by atomic mass is 16.5. The van der Waals surface area contributed by atoms with Crippen molar-refractivity contribution in [3.63, 3.8) is 0 Å². The van der Waals surface area contributed by atoms with Crippen LogP contribution in [-0.4, -0.2) is 40.0 Å². The molecule has 0 bridgehead atoms. The highest BCUT2D eigenvalue weighted by molar-refractivity contribution is 5.39. The van der Waals surface area contributed by atoms with Crippen molar-refractivity contribution >= 4 is 0 Å². The summed E-state index contributed by atoms with van der Waals surface area (Å²) < 4.78 is 16.1. The van der Waals surface area contributed by atoms with Gasteiger partial charge in [-0.05, 0) is 18.7 Å². The average Bonchev–Trinajstić information content (AvgIpc) is 2.37. The molecule has 1 aromatic rings. The lowest BCUT2D eigenvalue weighted by Gasteiger charge is -2.18. The Kier molecular flexibility index (Phi) is 6.43. The van der Waals surface area contributed by atoms with Crippen molar-refractivity contribution in [2.75, 3.05) is 34.0 Å². The van der Waals surface area contributed by atoms with Crippen LogP contribution in [0.2, 0.25) is 0 Å². The Labute approximate surface area is 103 Å². The lowest BCUT2D eigenvalue weighted by atomic mass is 10.3. The Bertz CT molecular complexity index is 311. The number of methoxy groups -OCH3 is 2. The van der Waals surface area contributed by atoms with Gasteiger partial charge in [-0.15, -0.1) is 0 Å². The molecular formula is C13H21NO3. The zero-order valence-corrected chi connectivity index (χ0v) is 10.7. The summed E-state index contributed by atoms with van der Waals surface area (Å²) in [5.74, 6) is 1.51. The molecule has 1 aromatic carbocycles. The maximum absolute atomic E-state index is 5.73. The summed E-state index contributed by atoms with van der Waals surface area (Å²) in [7, 11) is 3.33. The molecule has 4 nitrogen and oxygen atoms in total. The van der Waals surface area contributed by atoms with Crippen LogP contribution < -0.4 is 14.8 Å². The number of nitrogens with one attached hydrogen (secondary N) is 1. The van der Waals surface area contributed by atoms with Crippen LogP contribution in [0.3, 0.4) is 0 Å². The quantitative estimate of drug-likeness (QED) is 0.749. The zero-order valence-electron chi connectivity index (χ0n) is 10.7. The molecule has 0 amide bonds. The Hall–Kier alpha value is -1.26. The van der Waals surface area contributed by atoms with Gasteiger partial charge in [-0.2, -0.15) is 0 Å². The van der Waals surface area contributed by atoms with Crippen LogP contribution in [0, 0.1) is 0 Å². The predicted molar refractivity (Wildman–Crippen MR) is 67.8 cm³/mol. The molecule has 4 heteroatoms. The number of hydrogen-bond acceptors (Lipinski definition) is 4. The van der Waals surface area contributed by atoms with Crippen molar-refractivity contribution in [3.8, 4) is 11.5 Å². The van der Waals surface area contributed by atoms with E-state index in [9.17, 15) is 0 Å². The Balaban J connectivity index is 2.52. The fraction of sp³-hybridized carbons (Fsp3) is 0.538. The van der Waals surface area contributed by atoms with Crippen molar-refractivity contribution < 1.29 is 14.2 Å². The fourth-order valence-corrected chi connectivity index (χ4v) is 1.58. The van der Waals surface area contributed by atoms with Gasteiger partial charge in [-0.25, -0.2) is 0 Å². The minimum atomic E-state index is 0.190. The third kappa shape index (κ3) is 4.63. The molecule has 0 aromatic heterocycles. The van der Waals surface area contributed by atoms with E-state index >= 15 is 0 Å². The maximum atomic E-state index is 5.73. The summed E-state index contributed by atoms with van der Waals surface area (Å²) >= 11 is 0. The first-order valence-electron chi connectivity index (χ1n) is 5.80. The molecule has 1 N–H and O–H groups in total. The van der Waals surface area contributed by atoms with E-state index in [0.717, 1.165) is 18.0 Å². The van der Waals surface area contributed by atoms with Gasteiger partial charge in [-0.1, -0.05) is 19.1 Å². The Morgan fingerprint density at radius 1 is 1.12 bits per heavy atom. The van der Waals surface area contributed by atoms with Gasteiger partial charge in [0.25, 0.3) is 0 Å². The summed E-state index contributed by atoms with van der Waals surface area (Å²) in [5, 5.41) is 3.30. The minimum absolute atomic E-state index is 0.190. The van der Waals surface area contributed by atoms with Gasteiger partial charge in [0.05, 0.1) is 19.8 Å². The summed E-state index contributed by atoms with van der Waals surface area (Å²) in [6.07, 6.45) is 0. The van der Waals surface area contributed by atoms with Crippen LogP contribution in [0.1, 0.15) is 6.92 Å². The van der Waals surface area contributed by atoms with E-state index in [1.807, 2.05) is 24.3 Å². The molecule has 1 atom stereocenters. The average molecular weight is 239 g/mol. The maximum Gasteiger partial charge on any atom is 0.161 e. The van der Waals surface area contributed by atoms with Crippen molar-refractivity contribution in [1.29, 1.82) is 0 Å². The summed E-state index contributed by atoms with van der Waals surface area (Å²) in [6, 6.07) is 7.82. The smallest absolute Gasteiger partial charge is 0.161 e. The van der Waals surface area contributed by atoms with E-state index in [4.69, 9.17) is 14.2 Å². The van der Waals surface area contributed by atoms with Crippen molar-refractivity contribution in [1.82, 2.24) is 5.32 Å². The zero-order chi connectivity index (χ0) is 12.5. The van der Waals surface area contributed by atoms with Gasteiger partial charge >= 0.3 is 0 Å². The van der Waals surface area contributed by atoms with E-state index in [1.54, 1.807) is 14.2 Å². The molecule has 0 fully saturated rings. The largest absolute Gasteiger partial charge is 0.493 e. The molecule has 0 saturated heterocycles. The number of rotatable bonds is 8. The van der Waals surface area contributed by atoms with E-state index < -0.39 is 0 Å². The first kappa shape index (κ1) is 13.8. The predicted octanol–water partition coefficient (Wildman–Crippen LogP) is 1.70. The molecule has 0 radical (unpaired) electrons. The number of likely N-dealkylation sites (N-methyl/N-ethyl adjacent to an activating group) is 1. The molecular weight excluding hydrogens is 218 g/mol. The Morgan fingerprint density at radius 2 is 1.82 bits per heavy atom. The van der Waals surface area contributed by atoms with Crippen molar-refractivity contribution in [2.45, 2.75) is 13.0 Å². The third-order valence-electron chi connectivity index (χ3n) is 2.37. The van der Waals surface area contributed by atoms with Crippen LogP contribution in [0.15, 0.2) is 24.3 Å². The van der Waals surface area contributed by atoms with Gasteiger partial charge in [0.1, 0.15) is 6.61 Å². The Morgan fingerprint density at radius 3 is 2.41 bits per heavy atom. The molecule has 96 valence electrons. The van der Waals surface area contributed by atoms with E-state index in [-0.39, 0.29) is 6.04 Å². The molecule has 1 unspecified atom stereocenters. The topological polar surface area (TPSA) is 39.7 Å². The van der Waals surface area contributed by atoms with Crippen molar-refractivity contribution in [3.05, 3.63) is 24.3 Å². The van der Waals surface area contributed by atoms with E-state index in [1.165, 1.54) is 0 Å². The monoisotopic (exact) mass is 239 g/mol. The SMILES string of the molecule is CCNC(COC)COc1ccccc1OC. The molecule has 0 spiro atoms. The molecule has 1 rings (SSSR count). The van der Waals surface area contributed by atoms with Crippen LogP contribution in [0.25, 0.3) is 0 Å². The summed E-state index contributed by atoms with van der Waals surface area (Å²) in [6.45, 7) is 4.14. The highest BCUT2D eigenvalue weighted by Gasteiger charge is 2.09. The second-order valence-corrected chi connectivity index (χ2v) is 3.67. The van der Waals surface area contributed by atoms with Gasteiger partial charge in [0.15, 0.2) is 11.5 Å². The highest BCUT2D eigenvalue weighted by Crippen LogP contribution is 2.25. The van der Waals surface area contributed by atoms with Gasteiger partial charge in [0.2, 0.25) is 0 Å². The molecule has 17 heavy (non-hydrogen) atoms. The lowest BCUT2D eigenvalue weighted by molar-refractivity contribution is 0.135. The molecule has 0 saturated carbocycles. The van der Waals surface area contributed by atoms with Gasteiger partial charge < -0.3 is 19.5 Å². The molecule has 0 heterocycles. The summed E-state index contributed by atoms with van der Waals surface area (Å²) in [5.41, 5.74) is 0. The van der Waals surface area contributed by atoms with E-state index in [2.05, 4.69) is 12.2 Å². The van der Waals surface area contributed by atoms with Crippen LogP contribution >= 0.6 is 0 Å². The number of ether oxygens (including phenoxy) is 3. The van der Waals surface area contributed by atoms with Gasteiger partial charge in [0, 0.05) is 7.11 Å². The molecule has 0 aliphatic heterocycles. The van der Waals surface area contributed by atoms with E-state index in [0.29, 0.717) is 13.2 Å². The third-order valence-corrected chi connectivity index (χ3v) is 2.37.